The Morgan fingerprint density at radius 1 is 1.38 bits per heavy atom. The van der Waals surface area contributed by atoms with Gasteiger partial charge in [0.25, 0.3) is 0 Å². The molecule has 0 aliphatic carbocycles. The van der Waals surface area contributed by atoms with E-state index in [1.165, 1.54) is 12.1 Å². The van der Waals surface area contributed by atoms with Crippen LogP contribution >= 0.6 is 0 Å². The number of aliphatic hydroxyl groups is 1. The number of nitrogens with one attached hydrogen (secondary N) is 1. The summed E-state index contributed by atoms with van der Waals surface area (Å²) >= 11 is 0. The maximum absolute atomic E-state index is 13.0. The molecule has 4 heteroatoms. The molecule has 1 aromatic heterocycles. The Bertz CT molecular complexity index is 529. The Morgan fingerprint density at radius 2 is 2.25 bits per heavy atom. The van der Waals surface area contributed by atoms with Crippen LogP contribution in [0.5, 0.6) is 0 Å². The van der Waals surface area contributed by atoms with E-state index in [-0.39, 0.29) is 5.82 Å². The fourth-order valence-corrected chi connectivity index (χ4v) is 2.13. The van der Waals surface area contributed by atoms with E-state index < -0.39 is 5.60 Å². The molecule has 1 unspecified atom stereocenters. The summed E-state index contributed by atoms with van der Waals surface area (Å²) in [6.45, 7) is 1.25. The van der Waals surface area contributed by atoms with E-state index in [9.17, 15) is 9.50 Å². The fraction of sp³-hybridized carbons (Fsp3) is 0.333. The Hall–Kier alpha value is -1.39. The van der Waals surface area contributed by atoms with Gasteiger partial charge in [0.2, 0.25) is 0 Å². The third kappa shape index (κ3) is 1.42. The molecule has 84 valence electrons. The van der Waals surface area contributed by atoms with Crippen LogP contribution in [0.1, 0.15) is 12.2 Å². The minimum absolute atomic E-state index is 0.295. The highest BCUT2D eigenvalue weighted by molar-refractivity contribution is 5.78. The van der Waals surface area contributed by atoms with E-state index in [0.717, 1.165) is 6.54 Å². The third-order valence-electron chi connectivity index (χ3n) is 3.07. The molecule has 2 aromatic rings. The van der Waals surface area contributed by atoms with Crippen molar-refractivity contribution in [3.63, 3.8) is 0 Å². The van der Waals surface area contributed by atoms with Gasteiger partial charge in [-0.3, -0.25) is 0 Å². The van der Waals surface area contributed by atoms with Gasteiger partial charge in [-0.15, -0.1) is 0 Å². The van der Waals surface area contributed by atoms with E-state index >= 15 is 0 Å². The summed E-state index contributed by atoms with van der Waals surface area (Å²) in [6.07, 6.45) is 0.620. The number of benzene rings is 1. The van der Waals surface area contributed by atoms with Crippen molar-refractivity contribution in [1.29, 1.82) is 0 Å². The average molecular weight is 221 g/mol. The van der Waals surface area contributed by atoms with Crippen molar-refractivity contribution in [3.05, 3.63) is 35.8 Å². The molecular formula is C12H12FNO2. The van der Waals surface area contributed by atoms with E-state index in [4.69, 9.17) is 4.42 Å². The molecule has 1 aliphatic rings. The Kier molecular flexibility index (Phi) is 2.02. The zero-order valence-electron chi connectivity index (χ0n) is 8.66. The number of rotatable bonds is 1. The van der Waals surface area contributed by atoms with Gasteiger partial charge in [0, 0.05) is 11.9 Å². The van der Waals surface area contributed by atoms with Crippen LogP contribution in [0.2, 0.25) is 0 Å². The summed E-state index contributed by atoms with van der Waals surface area (Å²) in [5.74, 6) is 0.217. The van der Waals surface area contributed by atoms with Crippen molar-refractivity contribution < 1.29 is 13.9 Å². The van der Waals surface area contributed by atoms with Crippen molar-refractivity contribution >= 4 is 11.0 Å². The second kappa shape index (κ2) is 3.30. The second-order valence-electron chi connectivity index (χ2n) is 4.25. The SMILES string of the molecule is OC1(c2cc3cc(F)ccc3o2)CCNC1. The number of hydrogen-bond donors (Lipinski definition) is 2. The molecule has 3 rings (SSSR count). The van der Waals surface area contributed by atoms with E-state index in [1.807, 2.05) is 0 Å². The molecule has 0 bridgehead atoms. The minimum atomic E-state index is -0.949. The van der Waals surface area contributed by atoms with Gasteiger partial charge in [0.1, 0.15) is 22.8 Å². The van der Waals surface area contributed by atoms with Gasteiger partial charge in [-0.1, -0.05) is 0 Å². The van der Waals surface area contributed by atoms with Crippen LogP contribution in [0.15, 0.2) is 28.7 Å². The third-order valence-corrected chi connectivity index (χ3v) is 3.07. The predicted molar refractivity (Wildman–Crippen MR) is 57.6 cm³/mol. The van der Waals surface area contributed by atoms with Gasteiger partial charge >= 0.3 is 0 Å². The van der Waals surface area contributed by atoms with Crippen LogP contribution in [0.25, 0.3) is 11.0 Å². The molecule has 0 amide bonds. The monoisotopic (exact) mass is 221 g/mol. The Balaban J connectivity index is 2.11. The van der Waals surface area contributed by atoms with Crippen LogP contribution in [-0.4, -0.2) is 18.2 Å². The summed E-state index contributed by atoms with van der Waals surface area (Å²) in [5, 5.41) is 14.1. The Morgan fingerprint density at radius 3 is 3.00 bits per heavy atom. The first-order chi connectivity index (χ1) is 7.67. The molecule has 2 N–H and O–H groups in total. The number of β-amino-alcohol motifs (C(OH)–C–C–N with tert-alkyl or cyclic N) is 1. The normalized spacial score (nSPS) is 25.4. The molecule has 1 aliphatic heterocycles. The first-order valence-corrected chi connectivity index (χ1v) is 5.30. The molecule has 1 atom stereocenters. The zero-order valence-corrected chi connectivity index (χ0v) is 8.66. The van der Waals surface area contributed by atoms with Crippen molar-refractivity contribution in [3.8, 4) is 0 Å². The zero-order chi connectivity index (χ0) is 11.2. The summed E-state index contributed by atoms with van der Waals surface area (Å²) in [4.78, 5) is 0. The van der Waals surface area contributed by atoms with Crippen molar-refractivity contribution in [1.82, 2.24) is 5.32 Å². The molecule has 1 aromatic carbocycles. The summed E-state index contributed by atoms with van der Waals surface area (Å²) < 4.78 is 18.6. The summed E-state index contributed by atoms with van der Waals surface area (Å²) in [6, 6.07) is 6.06. The lowest BCUT2D eigenvalue weighted by Crippen LogP contribution is -2.27. The number of furan rings is 1. The van der Waals surface area contributed by atoms with Gasteiger partial charge in [-0.2, -0.15) is 0 Å². The highest BCUT2D eigenvalue weighted by Gasteiger charge is 2.36. The largest absolute Gasteiger partial charge is 0.458 e. The lowest BCUT2D eigenvalue weighted by atomic mass is 10.00. The summed E-state index contributed by atoms with van der Waals surface area (Å²) in [7, 11) is 0. The molecular weight excluding hydrogens is 209 g/mol. The van der Waals surface area contributed by atoms with Crippen LogP contribution in [0.3, 0.4) is 0 Å². The van der Waals surface area contributed by atoms with Crippen LogP contribution in [0, 0.1) is 5.82 Å². The lowest BCUT2D eigenvalue weighted by Gasteiger charge is -2.17. The van der Waals surface area contributed by atoms with Gasteiger partial charge in [-0.25, -0.2) is 4.39 Å². The van der Waals surface area contributed by atoms with Gasteiger partial charge < -0.3 is 14.8 Å². The topological polar surface area (TPSA) is 45.4 Å². The molecule has 16 heavy (non-hydrogen) atoms. The molecule has 1 fully saturated rings. The minimum Gasteiger partial charge on any atom is -0.458 e. The van der Waals surface area contributed by atoms with E-state index in [2.05, 4.69) is 5.32 Å². The van der Waals surface area contributed by atoms with Crippen molar-refractivity contribution in [2.24, 2.45) is 0 Å². The second-order valence-corrected chi connectivity index (χ2v) is 4.25. The number of fused-ring (bicyclic) bond motifs is 1. The fourth-order valence-electron chi connectivity index (χ4n) is 2.13. The van der Waals surface area contributed by atoms with Gasteiger partial charge in [-0.05, 0) is 37.2 Å². The molecule has 0 radical (unpaired) electrons. The van der Waals surface area contributed by atoms with Gasteiger partial charge in [0.05, 0.1) is 0 Å². The number of hydrogen-bond acceptors (Lipinski definition) is 3. The lowest BCUT2D eigenvalue weighted by molar-refractivity contribution is 0.0371. The molecule has 0 saturated carbocycles. The van der Waals surface area contributed by atoms with Gasteiger partial charge in [0.15, 0.2) is 0 Å². The van der Waals surface area contributed by atoms with Crippen molar-refractivity contribution in [2.45, 2.75) is 12.0 Å². The highest BCUT2D eigenvalue weighted by Crippen LogP contribution is 2.32. The van der Waals surface area contributed by atoms with E-state index in [1.54, 1.807) is 12.1 Å². The molecule has 1 saturated heterocycles. The Labute approximate surface area is 91.9 Å². The standard InChI is InChI=1S/C12H12FNO2/c13-9-1-2-10-8(5-9)6-11(16-10)12(15)3-4-14-7-12/h1-2,5-6,14-15H,3-4,7H2. The number of halogens is 1. The molecule has 3 nitrogen and oxygen atoms in total. The quantitative estimate of drug-likeness (QED) is 0.771. The smallest absolute Gasteiger partial charge is 0.138 e. The maximum Gasteiger partial charge on any atom is 0.138 e. The van der Waals surface area contributed by atoms with Crippen LogP contribution < -0.4 is 5.32 Å². The highest BCUT2D eigenvalue weighted by atomic mass is 19.1. The average Bonchev–Trinajstić information content (AvgIpc) is 2.84. The van der Waals surface area contributed by atoms with Crippen LogP contribution in [-0.2, 0) is 5.60 Å². The molecule has 2 heterocycles. The van der Waals surface area contributed by atoms with Crippen molar-refractivity contribution in [2.75, 3.05) is 13.1 Å². The van der Waals surface area contributed by atoms with Crippen LogP contribution in [0.4, 0.5) is 4.39 Å². The molecule has 0 spiro atoms. The maximum atomic E-state index is 13.0. The predicted octanol–water partition coefficient (Wildman–Crippen LogP) is 1.75. The summed E-state index contributed by atoms with van der Waals surface area (Å²) in [5.41, 5.74) is -0.341. The first kappa shape index (κ1) is 9.81. The first-order valence-electron chi connectivity index (χ1n) is 5.30. The van der Waals surface area contributed by atoms with E-state index in [0.29, 0.717) is 29.7 Å².